The second kappa shape index (κ2) is 2.54. The van der Waals surface area contributed by atoms with Gasteiger partial charge in [0.25, 0.3) is 0 Å². The molecule has 0 unspecified atom stereocenters. The minimum Gasteiger partial charge on any atom is -0.328 e. The van der Waals surface area contributed by atoms with Gasteiger partial charge in [-0.05, 0) is 0 Å². The molecule has 0 aliphatic rings. The van der Waals surface area contributed by atoms with Gasteiger partial charge in [-0.2, -0.15) is 4.98 Å². The maximum absolute atomic E-state index is 4.48. The Bertz CT molecular complexity index is 315. The van der Waals surface area contributed by atoms with Crippen LogP contribution >= 0.6 is 0 Å². The Labute approximate surface area is 63.7 Å². The van der Waals surface area contributed by atoms with Crippen molar-refractivity contribution in [2.75, 3.05) is 0 Å². The Hall–Kier alpha value is -1.64. The zero-order valence-electron chi connectivity index (χ0n) is 5.69. The summed E-state index contributed by atoms with van der Waals surface area (Å²) < 4.78 is 4.48. The molecule has 11 heavy (non-hydrogen) atoms. The molecule has 0 N–H and O–H groups in total. The first-order chi connectivity index (χ1) is 5.47. The summed E-state index contributed by atoms with van der Waals surface area (Å²) in [7, 11) is 0. The third-order valence-corrected chi connectivity index (χ3v) is 1.36. The summed E-state index contributed by atoms with van der Waals surface area (Å²) in [4.78, 5) is 3.78. The minimum atomic E-state index is 0.575. The van der Waals surface area contributed by atoms with Gasteiger partial charge < -0.3 is 4.52 Å². The van der Waals surface area contributed by atoms with E-state index in [9.17, 15) is 0 Å². The molecular formula is C8H5N2O. The standard InChI is InChI=1S/C8H5N2O/c1-2-4-7(5-3-1)8-9-6-11-10-8/h1-5H. The van der Waals surface area contributed by atoms with E-state index in [-0.39, 0.29) is 0 Å². The molecule has 1 aromatic heterocycles. The highest BCUT2D eigenvalue weighted by Crippen LogP contribution is 2.11. The second-order valence-electron chi connectivity index (χ2n) is 2.08. The van der Waals surface area contributed by atoms with E-state index in [4.69, 9.17) is 0 Å². The molecule has 1 heterocycles. The molecule has 0 saturated carbocycles. The van der Waals surface area contributed by atoms with E-state index in [1.807, 2.05) is 30.3 Å². The van der Waals surface area contributed by atoms with Crippen molar-refractivity contribution < 1.29 is 4.52 Å². The summed E-state index contributed by atoms with van der Waals surface area (Å²) >= 11 is 0. The number of aromatic nitrogens is 2. The Balaban J connectivity index is 2.46. The first-order valence-corrected chi connectivity index (χ1v) is 3.22. The maximum Gasteiger partial charge on any atom is 0.316 e. The van der Waals surface area contributed by atoms with Gasteiger partial charge >= 0.3 is 6.39 Å². The molecule has 0 amide bonds. The van der Waals surface area contributed by atoms with Crippen LogP contribution in [0.15, 0.2) is 34.9 Å². The summed E-state index contributed by atoms with van der Waals surface area (Å²) in [6.07, 6.45) is 2.29. The van der Waals surface area contributed by atoms with Crippen molar-refractivity contribution in [2.24, 2.45) is 0 Å². The molecule has 1 aromatic carbocycles. The lowest BCUT2D eigenvalue weighted by Gasteiger charge is -1.89. The zero-order chi connectivity index (χ0) is 7.52. The molecule has 1 radical (unpaired) electrons. The van der Waals surface area contributed by atoms with Crippen LogP contribution in [-0.2, 0) is 0 Å². The highest BCUT2D eigenvalue weighted by molar-refractivity contribution is 5.52. The van der Waals surface area contributed by atoms with E-state index in [2.05, 4.69) is 21.1 Å². The maximum atomic E-state index is 4.48. The molecular weight excluding hydrogens is 140 g/mol. The molecule has 3 nitrogen and oxygen atoms in total. The molecule has 0 spiro atoms. The number of hydrogen-bond acceptors (Lipinski definition) is 3. The van der Waals surface area contributed by atoms with Crippen molar-refractivity contribution >= 4 is 0 Å². The normalized spacial score (nSPS) is 9.82. The van der Waals surface area contributed by atoms with Gasteiger partial charge in [0.15, 0.2) is 0 Å². The Morgan fingerprint density at radius 1 is 1.18 bits per heavy atom. The van der Waals surface area contributed by atoms with E-state index in [1.54, 1.807) is 0 Å². The monoisotopic (exact) mass is 145 g/mol. The van der Waals surface area contributed by atoms with Gasteiger partial charge in [-0.3, -0.25) is 0 Å². The van der Waals surface area contributed by atoms with E-state index >= 15 is 0 Å². The number of hydrogen-bond donors (Lipinski definition) is 0. The molecule has 0 saturated heterocycles. The minimum absolute atomic E-state index is 0.575. The van der Waals surface area contributed by atoms with Gasteiger partial charge in [-0.15, -0.1) is 0 Å². The van der Waals surface area contributed by atoms with E-state index in [0.717, 1.165) is 5.56 Å². The van der Waals surface area contributed by atoms with Crippen LogP contribution in [0, 0.1) is 6.39 Å². The SMILES string of the molecule is [c]1nc(-c2ccccc2)no1. The van der Waals surface area contributed by atoms with E-state index in [0.29, 0.717) is 5.82 Å². The van der Waals surface area contributed by atoms with Gasteiger partial charge in [0.1, 0.15) is 0 Å². The highest BCUT2D eigenvalue weighted by Gasteiger charge is 1.99. The lowest BCUT2D eigenvalue weighted by atomic mass is 10.2. The molecule has 2 aromatic rings. The first kappa shape index (κ1) is 6.09. The fraction of sp³-hybridized carbons (Fsp3) is 0. The fourth-order valence-corrected chi connectivity index (χ4v) is 0.852. The molecule has 53 valence electrons. The van der Waals surface area contributed by atoms with Crippen molar-refractivity contribution in [3.63, 3.8) is 0 Å². The molecule has 2 rings (SSSR count). The topological polar surface area (TPSA) is 38.9 Å². The van der Waals surface area contributed by atoms with Crippen LogP contribution < -0.4 is 0 Å². The fourth-order valence-electron chi connectivity index (χ4n) is 0.852. The molecule has 0 fully saturated rings. The first-order valence-electron chi connectivity index (χ1n) is 3.22. The second-order valence-corrected chi connectivity index (χ2v) is 2.08. The molecule has 0 bridgehead atoms. The van der Waals surface area contributed by atoms with Crippen LogP contribution in [-0.4, -0.2) is 10.1 Å². The highest BCUT2D eigenvalue weighted by atomic mass is 16.5. The van der Waals surface area contributed by atoms with Crippen molar-refractivity contribution in [3.8, 4) is 11.4 Å². The van der Waals surface area contributed by atoms with Gasteiger partial charge in [0.2, 0.25) is 5.82 Å². The van der Waals surface area contributed by atoms with Crippen molar-refractivity contribution in [3.05, 3.63) is 36.7 Å². The largest absolute Gasteiger partial charge is 0.328 e. The molecule has 0 atom stereocenters. The third kappa shape index (κ3) is 1.12. The quantitative estimate of drug-likeness (QED) is 0.610. The lowest BCUT2D eigenvalue weighted by molar-refractivity contribution is 0.411. The van der Waals surface area contributed by atoms with Crippen molar-refractivity contribution in [1.29, 1.82) is 0 Å². The smallest absolute Gasteiger partial charge is 0.316 e. The summed E-state index contributed by atoms with van der Waals surface area (Å²) in [6.45, 7) is 0. The van der Waals surface area contributed by atoms with Crippen LogP contribution in [0.3, 0.4) is 0 Å². The van der Waals surface area contributed by atoms with Crippen molar-refractivity contribution in [1.82, 2.24) is 10.1 Å². The predicted octanol–water partition coefficient (Wildman–Crippen LogP) is 1.54. The zero-order valence-corrected chi connectivity index (χ0v) is 5.69. The van der Waals surface area contributed by atoms with Crippen LogP contribution in [0.1, 0.15) is 0 Å². The van der Waals surface area contributed by atoms with E-state index in [1.165, 1.54) is 0 Å². The van der Waals surface area contributed by atoms with E-state index < -0.39 is 0 Å². The average molecular weight is 145 g/mol. The summed E-state index contributed by atoms with van der Waals surface area (Å²) in [5.74, 6) is 0.575. The summed E-state index contributed by atoms with van der Waals surface area (Å²) in [6, 6.07) is 9.61. The Kier molecular flexibility index (Phi) is 1.41. The van der Waals surface area contributed by atoms with Gasteiger partial charge in [-0.1, -0.05) is 35.5 Å². The van der Waals surface area contributed by atoms with Crippen molar-refractivity contribution in [2.45, 2.75) is 0 Å². The van der Waals surface area contributed by atoms with Crippen LogP contribution in [0.25, 0.3) is 11.4 Å². The third-order valence-electron chi connectivity index (χ3n) is 1.36. The number of benzene rings is 1. The number of nitrogens with zero attached hydrogens (tertiary/aromatic N) is 2. The number of rotatable bonds is 1. The predicted molar refractivity (Wildman–Crippen MR) is 38.6 cm³/mol. The summed E-state index contributed by atoms with van der Waals surface area (Å²) in [5.41, 5.74) is 0.942. The van der Waals surface area contributed by atoms with Crippen LogP contribution in [0.2, 0.25) is 0 Å². The van der Waals surface area contributed by atoms with Gasteiger partial charge in [-0.25, -0.2) is 0 Å². The average Bonchev–Trinajstić information content (AvgIpc) is 2.58. The Morgan fingerprint density at radius 3 is 2.64 bits per heavy atom. The molecule has 0 aliphatic carbocycles. The molecule has 3 heteroatoms. The molecule has 0 aliphatic heterocycles. The van der Waals surface area contributed by atoms with Gasteiger partial charge in [0, 0.05) is 5.56 Å². The Morgan fingerprint density at radius 2 is 2.00 bits per heavy atom. The van der Waals surface area contributed by atoms with Crippen LogP contribution in [0.5, 0.6) is 0 Å². The van der Waals surface area contributed by atoms with Gasteiger partial charge in [0.05, 0.1) is 0 Å². The lowest BCUT2D eigenvalue weighted by Crippen LogP contribution is -1.77. The van der Waals surface area contributed by atoms with Crippen LogP contribution in [0.4, 0.5) is 0 Å². The summed E-state index contributed by atoms with van der Waals surface area (Å²) in [5, 5.41) is 3.64.